The van der Waals surface area contributed by atoms with E-state index in [0.29, 0.717) is 24.3 Å². The first-order chi connectivity index (χ1) is 11.6. The van der Waals surface area contributed by atoms with Gasteiger partial charge in [0, 0.05) is 37.9 Å². The predicted octanol–water partition coefficient (Wildman–Crippen LogP) is 2.21. The standard InChI is InChI=1S/C19H29N3O2/c1-15-4-2-3-5-18(15)20-19(24)14-21-10-12-22(13-11-21)16-6-8-17(23)9-7-16/h6-9,15,18,23H,2-5,10-14H2,1H3,(H,20,24)/t15-,18+/m0/s1. The molecule has 0 aromatic heterocycles. The fraction of sp³-hybridized carbons (Fsp3) is 0.632. The Kier molecular flexibility index (Phi) is 5.61. The molecule has 1 aromatic rings. The van der Waals surface area contributed by atoms with Crippen LogP contribution in [0.25, 0.3) is 0 Å². The van der Waals surface area contributed by atoms with Crippen LogP contribution in [0.15, 0.2) is 24.3 Å². The first-order valence-corrected chi connectivity index (χ1v) is 9.17. The molecule has 0 spiro atoms. The van der Waals surface area contributed by atoms with E-state index in [9.17, 15) is 9.90 Å². The number of anilines is 1. The Morgan fingerprint density at radius 3 is 2.46 bits per heavy atom. The Morgan fingerprint density at radius 2 is 1.79 bits per heavy atom. The summed E-state index contributed by atoms with van der Waals surface area (Å²) < 4.78 is 0. The molecule has 0 unspecified atom stereocenters. The number of phenols is 1. The number of hydrogen-bond acceptors (Lipinski definition) is 4. The van der Waals surface area contributed by atoms with Gasteiger partial charge in [0.2, 0.25) is 5.91 Å². The Balaban J connectivity index is 1.43. The second-order valence-corrected chi connectivity index (χ2v) is 7.22. The third-order valence-electron chi connectivity index (χ3n) is 5.41. The minimum Gasteiger partial charge on any atom is -0.508 e. The van der Waals surface area contributed by atoms with Crippen LogP contribution in [0.1, 0.15) is 32.6 Å². The zero-order chi connectivity index (χ0) is 16.9. The lowest BCUT2D eigenvalue weighted by Gasteiger charge is -2.36. The monoisotopic (exact) mass is 331 g/mol. The SMILES string of the molecule is C[C@H]1CCCC[C@H]1NC(=O)CN1CCN(c2ccc(O)cc2)CC1. The molecule has 1 amide bonds. The third-order valence-corrected chi connectivity index (χ3v) is 5.41. The maximum Gasteiger partial charge on any atom is 0.234 e. The molecule has 2 atom stereocenters. The number of carbonyl (C=O) groups excluding carboxylic acids is 1. The molecule has 3 rings (SSSR count). The van der Waals surface area contributed by atoms with Crippen LogP contribution in [-0.2, 0) is 4.79 Å². The van der Waals surface area contributed by atoms with E-state index in [-0.39, 0.29) is 5.91 Å². The molecule has 24 heavy (non-hydrogen) atoms. The summed E-state index contributed by atoms with van der Waals surface area (Å²) in [7, 11) is 0. The zero-order valence-corrected chi connectivity index (χ0v) is 14.6. The first kappa shape index (κ1) is 17.1. The van der Waals surface area contributed by atoms with Crippen LogP contribution in [-0.4, -0.2) is 54.7 Å². The molecule has 1 aromatic carbocycles. The summed E-state index contributed by atoms with van der Waals surface area (Å²) in [5, 5.41) is 12.6. The third kappa shape index (κ3) is 4.41. The number of hydrogen-bond donors (Lipinski definition) is 2. The molecule has 5 nitrogen and oxygen atoms in total. The first-order valence-electron chi connectivity index (χ1n) is 9.17. The highest BCUT2D eigenvalue weighted by Crippen LogP contribution is 2.24. The van der Waals surface area contributed by atoms with Crippen molar-refractivity contribution >= 4 is 11.6 Å². The van der Waals surface area contributed by atoms with E-state index in [1.165, 1.54) is 19.3 Å². The van der Waals surface area contributed by atoms with E-state index in [4.69, 9.17) is 0 Å². The number of piperazine rings is 1. The van der Waals surface area contributed by atoms with Gasteiger partial charge in [-0.25, -0.2) is 0 Å². The highest BCUT2D eigenvalue weighted by atomic mass is 16.3. The van der Waals surface area contributed by atoms with Gasteiger partial charge >= 0.3 is 0 Å². The average Bonchev–Trinajstić information content (AvgIpc) is 2.58. The molecule has 132 valence electrons. The van der Waals surface area contributed by atoms with Gasteiger partial charge < -0.3 is 15.3 Å². The molecule has 0 bridgehead atoms. The molecule has 2 N–H and O–H groups in total. The molecule has 1 saturated carbocycles. The highest BCUT2D eigenvalue weighted by molar-refractivity contribution is 5.78. The zero-order valence-electron chi connectivity index (χ0n) is 14.6. The van der Waals surface area contributed by atoms with Crippen molar-refractivity contribution in [1.82, 2.24) is 10.2 Å². The number of nitrogens with one attached hydrogen (secondary N) is 1. The van der Waals surface area contributed by atoms with Gasteiger partial charge in [0.1, 0.15) is 5.75 Å². The van der Waals surface area contributed by atoms with Crippen molar-refractivity contribution in [2.24, 2.45) is 5.92 Å². The second-order valence-electron chi connectivity index (χ2n) is 7.22. The fourth-order valence-corrected chi connectivity index (χ4v) is 3.81. The predicted molar refractivity (Wildman–Crippen MR) is 96.3 cm³/mol. The quantitative estimate of drug-likeness (QED) is 0.888. The molecule has 1 aliphatic heterocycles. The molecule has 0 radical (unpaired) electrons. The number of aromatic hydroxyl groups is 1. The molecule has 5 heteroatoms. The lowest BCUT2D eigenvalue weighted by Crippen LogP contribution is -2.51. The molecule has 2 fully saturated rings. The van der Waals surface area contributed by atoms with Crippen LogP contribution in [0.3, 0.4) is 0 Å². The molecule has 1 saturated heterocycles. The van der Waals surface area contributed by atoms with Crippen molar-refractivity contribution in [2.45, 2.75) is 38.6 Å². The summed E-state index contributed by atoms with van der Waals surface area (Å²) in [6, 6.07) is 7.70. The summed E-state index contributed by atoms with van der Waals surface area (Å²) in [5.74, 6) is 1.08. The van der Waals surface area contributed by atoms with E-state index in [1.54, 1.807) is 12.1 Å². The Morgan fingerprint density at radius 1 is 1.12 bits per heavy atom. The number of benzene rings is 1. The lowest BCUT2D eigenvalue weighted by molar-refractivity contribution is -0.123. The molecular weight excluding hydrogens is 302 g/mol. The topological polar surface area (TPSA) is 55.8 Å². The summed E-state index contributed by atoms with van der Waals surface area (Å²) in [5.41, 5.74) is 1.13. The van der Waals surface area contributed by atoms with E-state index >= 15 is 0 Å². The second kappa shape index (κ2) is 7.88. The number of rotatable bonds is 4. The number of carbonyl (C=O) groups is 1. The van der Waals surface area contributed by atoms with Crippen LogP contribution in [0.2, 0.25) is 0 Å². The molecule has 1 heterocycles. The highest BCUT2D eigenvalue weighted by Gasteiger charge is 2.24. The van der Waals surface area contributed by atoms with Gasteiger partial charge in [0.15, 0.2) is 0 Å². The largest absolute Gasteiger partial charge is 0.508 e. The van der Waals surface area contributed by atoms with Gasteiger partial charge in [0.05, 0.1) is 6.54 Å². The van der Waals surface area contributed by atoms with Gasteiger partial charge in [0.25, 0.3) is 0 Å². The number of amides is 1. The van der Waals surface area contributed by atoms with E-state index < -0.39 is 0 Å². The van der Waals surface area contributed by atoms with Crippen LogP contribution in [0.4, 0.5) is 5.69 Å². The molecule has 2 aliphatic rings. The summed E-state index contributed by atoms with van der Waals surface area (Å²) in [6.07, 6.45) is 4.89. The molecule has 1 aliphatic carbocycles. The van der Waals surface area contributed by atoms with Crippen molar-refractivity contribution in [3.63, 3.8) is 0 Å². The van der Waals surface area contributed by atoms with Gasteiger partial charge in [-0.2, -0.15) is 0 Å². The van der Waals surface area contributed by atoms with Crippen LogP contribution < -0.4 is 10.2 Å². The number of phenolic OH excluding ortho intramolecular Hbond substituents is 1. The number of nitrogens with zero attached hydrogens (tertiary/aromatic N) is 2. The summed E-state index contributed by atoms with van der Waals surface area (Å²) in [4.78, 5) is 16.9. The minimum atomic E-state index is 0.173. The van der Waals surface area contributed by atoms with Gasteiger partial charge in [-0.15, -0.1) is 0 Å². The Bertz CT molecular complexity index is 538. The van der Waals surface area contributed by atoms with Gasteiger partial charge in [-0.05, 0) is 43.0 Å². The minimum absolute atomic E-state index is 0.173. The van der Waals surface area contributed by atoms with Gasteiger partial charge in [-0.3, -0.25) is 9.69 Å². The van der Waals surface area contributed by atoms with Crippen molar-refractivity contribution in [3.8, 4) is 5.75 Å². The maximum absolute atomic E-state index is 12.3. The summed E-state index contributed by atoms with van der Waals surface area (Å²) >= 11 is 0. The Hall–Kier alpha value is -1.75. The lowest BCUT2D eigenvalue weighted by atomic mass is 9.86. The van der Waals surface area contributed by atoms with Crippen molar-refractivity contribution in [2.75, 3.05) is 37.6 Å². The van der Waals surface area contributed by atoms with Gasteiger partial charge in [-0.1, -0.05) is 19.8 Å². The van der Waals surface area contributed by atoms with E-state index in [1.807, 2.05) is 12.1 Å². The smallest absolute Gasteiger partial charge is 0.234 e. The maximum atomic E-state index is 12.3. The van der Waals surface area contributed by atoms with Crippen molar-refractivity contribution in [3.05, 3.63) is 24.3 Å². The fourth-order valence-electron chi connectivity index (χ4n) is 3.81. The van der Waals surface area contributed by atoms with Crippen LogP contribution in [0, 0.1) is 5.92 Å². The average molecular weight is 331 g/mol. The van der Waals surface area contributed by atoms with Crippen LogP contribution in [0.5, 0.6) is 5.75 Å². The summed E-state index contributed by atoms with van der Waals surface area (Å²) in [6.45, 7) is 6.38. The normalized spacial score (nSPS) is 25.5. The molecular formula is C19H29N3O2. The van der Waals surface area contributed by atoms with Crippen molar-refractivity contribution in [1.29, 1.82) is 0 Å². The van der Waals surface area contributed by atoms with E-state index in [0.717, 1.165) is 38.3 Å². The van der Waals surface area contributed by atoms with E-state index in [2.05, 4.69) is 22.0 Å². The Labute approximate surface area is 144 Å². The van der Waals surface area contributed by atoms with Crippen LogP contribution >= 0.6 is 0 Å². The van der Waals surface area contributed by atoms with Crippen molar-refractivity contribution < 1.29 is 9.90 Å².